The predicted octanol–water partition coefficient (Wildman–Crippen LogP) is 0.900. The van der Waals surface area contributed by atoms with Gasteiger partial charge in [0, 0.05) is 6.42 Å². The number of carbonyl (C=O) groups is 1. The Kier molecular flexibility index (Phi) is 4.97. The Hall–Kier alpha value is -3.00. The molecule has 0 aliphatic heterocycles. The minimum atomic E-state index is -0.907. The number of nitrogens with one attached hydrogen (secondary N) is 1. The topological polar surface area (TPSA) is 106 Å². The molecule has 3 aromatic rings. The number of benzene rings is 1. The number of amides is 1. The van der Waals surface area contributed by atoms with Gasteiger partial charge in [-0.15, -0.1) is 5.10 Å². The van der Waals surface area contributed by atoms with Crippen LogP contribution in [0.15, 0.2) is 59.5 Å². The maximum absolute atomic E-state index is 12.6. The van der Waals surface area contributed by atoms with Crippen molar-refractivity contribution in [2.45, 2.75) is 18.6 Å². The van der Waals surface area contributed by atoms with E-state index in [1.807, 2.05) is 30.3 Å². The third-order valence-corrected chi connectivity index (χ3v) is 3.60. The van der Waals surface area contributed by atoms with Crippen molar-refractivity contribution in [1.29, 1.82) is 0 Å². The molecule has 0 saturated carbocycles. The number of nitrogens with zero attached hydrogens (tertiary/aromatic N) is 4. The molecular formula is C16H17N5O3. The third kappa shape index (κ3) is 3.85. The highest BCUT2D eigenvalue weighted by Crippen LogP contribution is 2.15. The van der Waals surface area contributed by atoms with Crippen LogP contribution in [0.25, 0.3) is 0 Å². The number of aromatic nitrogens is 4. The zero-order valence-electron chi connectivity index (χ0n) is 12.8. The Balaban J connectivity index is 1.67. The summed E-state index contributed by atoms with van der Waals surface area (Å²) in [5.41, 5.74) is 0.986. The van der Waals surface area contributed by atoms with Gasteiger partial charge in [-0.05, 0) is 28.1 Å². The lowest BCUT2D eigenvalue weighted by Gasteiger charge is -2.17. The molecule has 0 saturated heterocycles. The second kappa shape index (κ2) is 7.51. The van der Waals surface area contributed by atoms with E-state index in [4.69, 9.17) is 4.42 Å². The highest BCUT2D eigenvalue weighted by atomic mass is 16.4. The van der Waals surface area contributed by atoms with Crippen LogP contribution < -0.4 is 5.32 Å². The number of furan rings is 1. The summed E-state index contributed by atoms with van der Waals surface area (Å²) in [4.78, 5) is 12.6. The summed E-state index contributed by atoms with van der Waals surface area (Å²) in [6.07, 6.45) is 2.40. The van der Waals surface area contributed by atoms with Crippen LogP contribution >= 0.6 is 0 Å². The molecule has 0 spiro atoms. The maximum Gasteiger partial charge on any atom is 0.245 e. The van der Waals surface area contributed by atoms with E-state index in [0.717, 1.165) is 5.56 Å². The van der Waals surface area contributed by atoms with Crippen molar-refractivity contribution >= 4 is 5.91 Å². The Labute approximate surface area is 138 Å². The minimum Gasteiger partial charge on any atom is -0.467 e. The molecular weight excluding hydrogens is 310 g/mol. The molecule has 2 N–H and O–H groups in total. The van der Waals surface area contributed by atoms with Gasteiger partial charge in [0.15, 0.2) is 0 Å². The SMILES string of the molecule is O=C(NCC(O)c1ccco1)C(Cc1ccccc1)n1cnnn1. The van der Waals surface area contributed by atoms with Crippen LogP contribution in [-0.4, -0.2) is 37.8 Å². The molecule has 1 aromatic carbocycles. The van der Waals surface area contributed by atoms with E-state index >= 15 is 0 Å². The lowest BCUT2D eigenvalue weighted by atomic mass is 10.1. The van der Waals surface area contributed by atoms with Crippen molar-refractivity contribution in [3.8, 4) is 0 Å². The van der Waals surface area contributed by atoms with Crippen LogP contribution in [0.2, 0.25) is 0 Å². The highest BCUT2D eigenvalue weighted by molar-refractivity contribution is 5.80. The smallest absolute Gasteiger partial charge is 0.245 e. The van der Waals surface area contributed by atoms with Crippen LogP contribution in [0.5, 0.6) is 0 Å². The van der Waals surface area contributed by atoms with Gasteiger partial charge in [0.25, 0.3) is 0 Å². The lowest BCUT2D eigenvalue weighted by Crippen LogP contribution is -2.36. The first-order valence-electron chi connectivity index (χ1n) is 7.49. The lowest BCUT2D eigenvalue weighted by molar-refractivity contribution is -0.125. The summed E-state index contributed by atoms with van der Waals surface area (Å²) >= 11 is 0. The summed E-state index contributed by atoms with van der Waals surface area (Å²) < 4.78 is 6.52. The van der Waals surface area contributed by atoms with Gasteiger partial charge >= 0.3 is 0 Å². The molecule has 3 rings (SSSR count). The van der Waals surface area contributed by atoms with E-state index in [1.165, 1.54) is 17.3 Å². The summed E-state index contributed by atoms with van der Waals surface area (Å²) in [5.74, 6) is 0.120. The van der Waals surface area contributed by atoms with E-state index in [-0.39, 0.29) is 12.5 Å². The molecule has 0 radical (unpaired) electrons. The monoisotopic (exact) mass is 327 g/mol. The van der Waals surface area contributed by atoms with Gasteiger partial charge in [-0.1, -0.05) is 30.3 Å². The number of hydrogen-bond donors (Lipinski definition) is 2. The zero-order valence-corrected chi connectivity index (χ0v) is 12.8. The van der Waals surface area contributed by atoms with Crippen molar-refractivity contribution in [3.05, 3.63) is 66.4 Å². The van der Waals surface area contributed by atoms with E-state index in [2.05, 4.69) is 20.8 Å². The van der Waals surface area contributed by atoms with E-state index < -0.39 is 12.1 Å². The number of aliphatic hydroxyl groups excluding tert-OH is 1. The average molecular weight is 327 g/mol. The number of rotatable bonds is 7. The van der Waals surface area contributed by atoms with Crippen molar-refractivity contribution in [2.75, 3.05) is 6.54 Å². The highest BCUT2D eigenvalue weighted by Gasteiger charge is 2.23. The van der Waals surface area contributed by atoms with Crippen LogP contribution in [0.3, 0.4) is 0 Å². The van der Waals surface area contributed by atoms with Gasteiger partial charge < -0.3 is 14.8 Å². The van der Waals surface area contributed by atoms with Crippen molar-refractivity contribution in [2.24, 2.45) is 0 Å². The first-order chi connectivity index (χ1) is 11.7. The van der Waals surface area contributed by atoms with E-state index in [0.29, 0.717) is 12.2 Å². The molecule has 8 heteroatoms. The van der Waals surface area contributed by atoms with Crippen molar-refractivity contribution in [3.63, 3.8) is 0 Å². The fourth-order valence-electron chi connectivity index (χ4n) is 2.35. The van der Waals surface area contributed by atoms with E-state index in [1.54, 1.807) is 12.1 Å². The Morgan fingerprint density at radius 3 is 2.75 bits per heavy atom. The summed E-state index contributed by atoms with van der Waals surface area (Å²) in [6.45, 7) is 0.0414. The fraction of sp³-hybridized carbons (Fsp3) is 0.250. The number of hydrogen-bond acceptors (Lipinski definition) is 6. The Bertz CT molecular complexity index is 743. The zero-order chi connectivity index (χ0) is 16.8. The van der Waals surface area contributed by atoms with Gasteiger partial charge in [0.2, 0.25) is 5.91 Å². The molecule has 0 aliphatic rings. The molecule has 1 amide bonds. The molecule has 8 nitrogen and oxygen atoms in total. The fourth-order valence-corrected chi connectivity index (χ4v) is 2.35. The first-order valence-corrected chi connectivity index (χ1v) is 7.49. The largest absolute Gasteiger partial charge is 0.467 e. The Morgan fingerprint density at radius 1 is 1.25 bits per heavy atom. The molecule has 2 aromatic heterocycles. The molecule has 2 heterocycles. The normalized spacial score (nSPS) is 13.4. The van der Waals surface area contributed by atoms with Crippen LogP contribution in [0, 0.1) is 0 Å². The van der Waals surface area contributed by atoms with Gasteiger partial charge in [0.1, 0.15) is 24.2 Å². The molecule has 124 valence electrons. The molecule has 0 bridgehead atoms. The quantitative estimate of drug-likeness (QED) is 0.668. The van der Waals surface area contributed by atoms with Gasteiger partial charge in [-0.25, -0.2) is 4.68 Å². The second-order valence-electron chi connectivity index (χ2n) is 5.27. The Morgan fingerprint density at radius 2 is 2.08 bits per heavy atom. The van der Waals surface area contributed by atoms with Crippen LogP contribution in [0.1, 0.15) is 23.5 Å². The van der Waals surface area contributed by atoms with Crippen LogP contribution in [0.4, 0.5) is 0 Å². The molecule has 0 fully saturated rings. The number of tetrazole rings is 1. The molecule has 2 atom stereocenters. The summed E-state index contributed by atoms with van der Waals surface area (Å²) in [5, 5.41) is 23.7. The minimum absolute atomic E-state index is 0.0414. The summed E-state index contributed by atoms with van der Waals surface area (Å²) in [7, 11) is 0. The third-order valence-electron chi connectivity index (χ3n) is 3.60. The molecule has 24 heavy (non-hydrogen) atoms. The number of carbonyl (C=O) groups excluding carboxylic acids is 1. The maximum atomic E-state index is 12.6. The van der Waals surface area contributed by atoms with Crippen LogP contribution in [-0.2, 0) is 11.2 Å². The van der Waals surface area contributed by atoms with E-state index in [9.17, 15) is 9.90 Å². The van der Waals surface area contributed by atoms with Crippen molar-refractivity contribution < 1.29 is 14.3 Å². The number of aliphatic hydroxyl groups is 1. The summed E-state index contributed by atoms with van der Waals surface area (Å²) in [6, 6.07) is 12.3. The predicted molar refractivity (Wildman–Crippen MR) is 83.7 cm³/mol. The van der Waals surface area contributed by atoms with Gasteiger partial charge in [0.05, 0.1) is 12.8 Å². The van der Waals surface area contributed by atoms with Crippen molar-refractivity contribution in [1.82, 2.24) is 25.5 Å². The second-order valence-corrected chi connectivity index (χ2v) is 5.27. The average Bonchev–Trinajstić information content (AvgIpc) is 3.31. The van der Waals surface area contributed by atoms with Gasteiger partial charge in [-0.2, -0.15) is 0 Å². The molecule has 2 unspecified atom stereocenters. The van der Waals surface area contributed by atoms with Gasteiger partial charge in [-0.3, -0.25) is 4.79 Å². The molecule has 0 aliphatic carbocycles. The first kappa shape index (κ1) is 15.9. The standard InChI is InChI=1S/C16H17N5O3/c22-14(15-7-4-8-24-15)10-17-16(23)13(21-11-18-19-20-21)9-12-5-2-1-3-6-12/h1-8,11,13-14,22H,9-10H2,(H,17,23).